The number of hydrogen-bond donors (Lipinski definition) is 2. The molecule has 0 saturated carbocycles. The highest BCUT2D eigenvalue weighted by Gasteiger charge is 2.15. The number of halogens is 2. The third-order valence-corrected chi connectivity index (χ3v) is 3.20. The van der Waals surface area contributed by atoms with Crippen LogP contribution in [0.5, 0.6) is 0 Å². The van der Waals surface area contributed by atoms with E-state index in [4.69, 9.17) is 28.5 Å². The number of carbonyl (C=O) groups excluding carboxylic acids is 2. The van der Waals surface area contributed by atoms with Crippen molar-refractivity contribution in [3.8, 4) is 6.07 Å². The minimum atomic E-state index is -0.897. The quantitative estimate of drug-likeness (QED) is 0.826. The largest absolute Gasteiger partial charge is 0.318 e. The second kappa shape index (κ2) is 6.94. The molecule has 0 radical (unpaired) electrons. The summed E-state index contributed by atoms with van der Waals surface area (Å²) in [5, 5.41) is 14.2. The normalized spacial score (nSPS) is 9.68. The summed E-state index contributed by atoms with van der Waals surface area (Å²) in [5.74, 6) is -1.78. The van der Waals surface area contributed by atoms with Crippen molar-refractivity contribution in [1.29, 1.82) is 5.26 Å². The van der Waals surface area contributed by atoms with Crippen LogP contribution < -0.4 is 10.6 Å². The van der Waals surface area contributed by atoms with Crippen molar-refractivity contribution in [2.24, 2.45) is 0 Å². The van der Waals surface area contributed by atoms with Crippen LogP contribution >= 0.6 is 23.2 Å². The summed E-state index contributed by atoms with van der Waals surface area (Å²) >= 11 is 11.7. The van der Waals surface area contributed by atoms with Crippen molar-refractivity contribution in [3.05, 3.63) is 58.1 Å². The molecule has 110 valence electrons. The first kappa shape index (κ1) is 15.8. The van der Waals surface area contributed by atoms with Crippen LogP contribution in [0.3, 0.4) is 0 Å². The first-order chi connectivity index (χ1) is 10.5. The number of nitrogens with one attached hydrogen (secondary N) is 2. The second-order valence-corrected chi connectivity index (χ2v) is 5.07. The third kappa shape index (κ3) is 3.98. The lowest BCUT2D eigenvalue weighted by atomic mass is 10.2. The molecule has 2 amide bonds. The highest BCUT2D eigenvalue weighted by Crippen LogP contribution is 2.25. The molecule has 2 N–H and O–H groups in total. The smallest absolute Gasteiger partial charge is 0.314 e. The molecule has 5 nitrogen and oxygen atoms in total. The fourth-order valence-corrected chi connectivity index (χ4v) is 1.96. The fraction of sp³-hybridized carbons (Fsp3) is 0. The van der Waals surface area contributed by atoms with E-state index < -0.39 is 11.8 Å². The van der Waals surface area contributed by atoms with E-state index in [1.54, 1.807) is 24.3 Å². The Morgan fingerprint density at radius 3 is 2.45 bits per heavy atom. The van der Waals surface area contributed by atoms with Crippen LogP contribution in [0.25, 0.3) is 0 Å². The first-order valence-electron chi connectivity index (χ1n) is 6.07. The molecule has 0 unspecified atom stereocenters. The van der Waals surface area contributed by atoms with Crippen LogP contribution in [0.15, 0.2) is 42.5 Å². The van der Waals surface area contributed by atoms with Gasteiger partial charge in [0, 0.05) is 10.7 Å². The lowest BCUT2D eigenvalue weighted by Crippen LogP contribution is -2.29. The van der Waals surface area contributed by atoms with Crippen LogP contribution in [0.4, 0.5) is 11.4 Å². The van der Waals surface area contributed by atoms with Crippen molar-refractivity contribution in [3.63, 3.8) is 0 Å². The van der Waals surface area contributed by atoms with Gasteiger partial charge in [0.05, 0.1) is 22.3 Å². The maximum atomic E-state index is 11.8. The number of carbonyl (C=O) groups is 2. The molecule has 0 saturated heterocycles. The molecule has 0 aliphatic carbocycles. The van der Waals surface area contributed by atoms with E-state index in [-0.39, 0.29) is 10.7 Å². The number of hydrogen-bond acceptors (Lipinski definition) is 3. The summed E-state index contributed by atoms with van der Waals surface area (Å²) in [7, 11) is 0. The Hall–Kier alpha value is -2.55. The van der Waals surface area contributed by atoms with Crippen LogP contribution in [-0.4, -0.2) is 11.8 Å². The zero-order valence-corrected chi connectivity index (χ0v) is 12.6. The standard InChI is InChI=1S/C15H9Cl2N3O2/c16-10-4-5-12(17)13(7-10)20-15(22)14(21)19-11-3-1-2-9(6-11)8-18/h1-7H,(H,19,21)(H,20,22). The van der Waals surface area contributed by atoms with E-state index in [0.29, 0.717) is 16.3 Å². The van der Waals surface area contributed by atoms with Gasteiger partial charge in [-0.15, -0.1) is 0 Å². The monoisotopic (exact) mass is 333 g/mol. The predicted molar refractivity (Wildman–Crippen MR) is 84.9 cm³/mol. The van der Waals surface area contributed by atoms with Gasteiger partial charge >= 0.3 is 11.8 Å². The summed E-state index contributed by atoms with van der Waals surface area (Å²) < 4.78 is 0. The van der Waals surface area contributed by atoms with Gasteiger partial charge in [0.1, 0.15) is 0 Å². The van der Waals surface area contributed by atoms with Crippen molar-refractivity contribution in [1.82, 2.24) is 0 Å². The summed E-state index contributed by atoms with van der Waals surface area (Å²) in [6.45, 7) is 0. The molecule has 2 aromatic carbocycles. The van der Waals surface area contributed by atoms with Crippen molar-refractivity contribution >= 4 is 46.4 Å². The highest BCUT2D eigenvalue weighted by molar-refractivity contribution is 6.45. The summed E-state index contributed by atoms with van der Waals surface area (Å²) in [6.07, 6.45) is 0. The zero-order valence-electron chi connectivity index (χ0n) is 11.1. The Kier molecular flexibility index (Phi) is 4.99. The second-order valence-electron chi connectivity index (χ2n) is 4.23. The highest BCUT2D eigenvalue weighted by atomic mass is 35.5. The number of anilines is 2. The lowest BCUT2D eigenvalue weighted by molar-refractivity contribution is -0.132. The molecule has 0 atom stereocenters. The number of benzene rings is 2. The average Bonchev–Trinajstić information content (AvgIpc) is 2.51. The van der Waals surface area contributed by atoms with Gasteiger partial charge in [-0.25, -0.2) is 0 Å². The van der Waals surface area contributed by atoms with Crippen LogP contribution in [0.1, 0.15) is 5.56 Å². The van der Waals surface area contributed by atoms with Gasteiger partial charge in [-0.1, -0.05) is 29.3 Å². The van der Waals surface area contributed by atoms with E-state index in [1.807, 2.05) is 6.07 Å². The maximum absolute atomic E-state index is 11.8. The molecule has 2 aromatic rings. The Bertz CT molecular complexity index is 785. The Morgan fingerprint density at radius 1 is 1.00 bits per heavy atom. The summed E-state index contributed by atoms with van der Waals surface area (Å²) in [5.41, 5.74) is 0.951. The number of nitrogens with zero attached hydrogens (tertiary/aromatic N) is 1. The first-order valence-corrected chi connectivity index (χ1v) is 6.83. The Labute approximate surface area is 136 Å². The fourth-order valence-electron chi connectivity index (χ4n) is 1.63. The van der Waals surface area contributed by atoms with Gasteiger partial charge < -0.3 is 10.6 Å². The molecule has 22 heavy (non-hydrogen) atoms. The van der Waals surface area contributed by atoms with E-state index in [9.17, 15) is 9.59 Å². The van der Waals surface area contributed by atoms with E-state index in [1.165, 1.54) is 18.2 Å². The SMILES string of the molecule is N#Cc1cccc(NC(=O)C(=O)Nc2cc(Cl)ccc2Cl)c1. The zero-order chi connectivity index (χ0) is 16.1. The van der Waals surface area contributed by atoms with Crippen molar-refractivity contribution in [2.45, 2.75) is 0 Å². The van der Waals surface area contributed by atoms with Crippen molar-refractivity contribution in [2.75, 3.05) is 10.6 Å². The van der Waals surface area contributed by atoms with E-state index in [0.717, 1.165) is 0 Å². The molecule has 0 aliphatic heterocycles. The minimum Gasteiger partial charge on any atom is -0.318 e. The van der Waals surface area contributed by atoms with Crippen LogP contribution in [-0.2, 0) is 9.59 Å². The average molecular weight is 334 g/mol. The molecule has 0 heterocycles. The third-order valence-electron chi connectivity index (χ3n) is 2.63. The summed E-state index contributed by atoms with van der Waals surface area (Å²) in [4.78, 5) is 23.7. The molecular weight excluding hydrogens is 325 g/mol. The molecule has 0 fully saturated rings. The number of rotatable bonds is 2. The molecule has 0 aliphatic rings. The predicted octanol–water partition coefficient (Wildman–Crippen LogP) is 3.44. The van der Waals surface area contributed by atoms with Gasteiger partial charge in [0.25, 0.3) is 0 Å². The van der Waals surface area contributed by atoms with Crippen molar-refractivity contribution < 1.29 is 9.59 Å². The minimum absolute atomic E-state index is 0.236. The molecule has 7 heteroatoms. The summed E-state index contributed by atoms with van der Waals surface area (Å²) in [6, 6.07) is 12.7. The van der Waals surface area contributed by atoms with Crippen LogP contribution in [0, 0.1) is 11.3 Å². The molecule has 0 bridgehead atoms. The van der Waals surface area contributed by atoms with Gasteiger partial charge in [-0.2, -0.15) is 5.26 Å². The van der Waals surface area contributed by atoms with Gasteiger partial charge in [0.15, 0.2) is 0 Å². The number of nitriles is 1. The van der Waals surface area contributed by atoms with E-state index >= 15 is 0 Å². The van der Waals surface area contributed by atoms with E-state index in [2.05, 4.69) is 10.6 Å². The van der Waals surface area contributed by atoms with Crippen LogP contribution in [0.2, 0.25) is 10.0 Å². The number of amides is 2. The topological polar surface area (TPSA) is 82.0 Å². The lowest BCUT2D eigenvalue weighted by Gasteiger charge is -2.08. The maximum Gasteiger partial charge on any atom is 0.314 e. The molecule has 0 spiro atoms. The Balaban J connectivity index is 2.08. The molecule has 2 rings (SSSR count). The van der Waals surface area contributed by atoms with Gasteiger partial charge in [-0.3, -0.25) is 9.59 Å². The molecular formula is C15H9Cl2N3O2. The van der Waals surface area contributed by atoms with Gasteiger partial charge in [-0.05, 0) is 36.4 Å². The Morgan fingerprint density at radius 2 is 1.73 bits per heavy atom. The van der Waals surface area contributed by atoms with Gasteiger partial charge in [0.2, 0.25) is 0 Å². The molecule has 0 aromatic heterocycles.